The predicted octanol–water partition coefficient (Wildman–Crippen LogP) is 0.517. The lowest BCUT2D eigenvalue weighted by atomic mass is 9.84. The molecular formula is C19H32N4O2. The van der Waals surface area contributed by atoms with E-state index in [0.29, 0.717) is 18.4 Å². The summed E-state index contributed by atoms with van der Waals surface area (Å²) in [5.41, 5.74) is 6.37. The first-order valence-electron chi connectivity index (χ1n) is 10.2. The molecule has 0 aromatic rings. The van der Waals surface area contributed by atoms with Crippen molar-refractivity contribution in [1.29, 1.82) is 0 Å². The molecular weight excluding hydrogens is 316 g/mol. The summed E-state index contributed by atoms with van der Waals surface area (Å²) in [5.74, 6) is 1.68. The lowest BCUT2D eigenvalue weighted by molar-refractivity contribution is -0.137. The van der Waals surface area contributed by atoms with Crippen molar-refractivity contribution in [2.75, 3.05) is 45.8 Å². The molecule has 4 aliphatic rings. The third-order valence-electron chi connectivity index (χ3n) is 6.98. The molecule has 2 amide bonds. The summed E-state index contributed by atoms with van der Waals surface area (Å²) < 4.78 is 0. The maximum absolute atomic E-state index is 13.0. The minimum absolute atomic E-state index is 0.0523. The minimum Gasteiger partial charge on any atom is -0.342 e. The van der Waals surface area contributed by atoms with Crippen molar-refractivity contribution in [2.45, 2.75) is 44.6 Å². The zero-order chi connectivity index (χ0) is 17.4. The van der Waals surface area contributed by atoms with Gasteiger partial charge in [0.05, 0.1) is 12.5 Å². The number of nitrogens with zero attached hydrogens (tertiary/aromatic N) is 3. The molecule has 25 heavy (non-hydrogen) atoms. The fourth-order valence-corrected chi connectivity index (χ4v) is 5.52. The Morgan fingerprint density at radius 3 is 2.28 bits per heavy atom. The van der Waals surface area contributed by atoms with Crippen molar-refractivity contribution in [2.24, 2.45) is 23.5 Å². The largest absolute Gasteiger partial charge is 0.342 e. The molecule has 2 N–H and O–H groups in total. The highest BCUT2D eigenvalue weighted by atomic mass is 16.2. The highest BCUT2D eigenvalue weighted by Crippen LogP contribution is 2.48. The van der Waals surface area contributed by atoms with Crippen molar-refractivity contribution in [3.05, 3.63) is 0 Å². The van der Waals surface area contributed by atoms with Gasteiger partial charge in [-0.05, 0) is 50.4 Å². The smallest absolute Gasteiger partial charge is 0.236 e. The van der Waals surface area contributed by atoms with E-state index in [1.807, 2.05) is 9.80 Å². The highest BCUT2D eigenvalue weighted by molar-refractivity contribution is 5.81. The Morgan fingerprint density at radius 2 is 1.56 bits per heavy atom. The molecule has 4 fully saturated rings. The number of fused-ring (bicyclic) bond motifs is 2. The third kappa shape index (κ3) is 3.43. The fourth-order valence-electron chi connectivity index (χ4n) is 5.52. The Hall–Kier alpha value is -1.14. The monoisotopic (exact) mass is 348 g/mol. The number of amides is 2. The van der Waals surface area contributed by atoms with Gasteiger partial charge in [-0.15, -0.1) is 0 Å². The van der Waals surface area contributed by atoms with Gasteiger partial charge in [-0.25, -0.2) is 0 Å². The van der Waals surface area contributed by atoms with Crippen LogP contribution in [0.5, 0.6) is 0 Å². The normalized spacial score (nSPS) is 36.0. The van der Waals surface area contributed by atoms with Crippen molar-refractivity contribution in [3.8, 4) is 0 Å². The van der Waals surface area contributed by atoms with Crippen LogP contribution in [0.1, 0.15) is 38.5 Å². The number of hydrogen-bond donors (Lipinski definition) is 1. The van der Waals surface area contributed by atoms with Crippen LogP contribution in [0, 0.1) is 17.8 Å². The topological polar surface area (TPSA) is 69.9 Å². The van der Waals surface area contributed by atoms with Crippen molar-refractivity contribution >= 4 is 11.8 Å². The summed E-state index contributed by atoms with van der Waals surface area (Å²) in [6, 6.07) is 0.0716. The van der Waals surface area contributed by atoms with E-state index in [0.717, 1.165) is 65.0 Å². The molecule has 2 saturated carbocycles. The van der Waals surface area contributed by atoms with Gasteiger partial charge in [-0.3, -0.25) is 14.5 Å². The summed E-state index contributed by atoms with van der Waals surface area (Å²) >= 11 is 0. The average Bonchev–Trinajstić information content (AvgIpc) is 3.31. The lowest BCUT2D eigenvalue weighted by Crippen LogP contribution is -2.48. The zero-order valence-electron chi connectivity index (χ0n) is 15.2. The quantitative estimate of drug-likeness (QED) is 0.807. The first kappa shape index (κ1) is 17.3. The van der Waals surface area contributed by atoms with Gasteiger partial charge in [0.25, 0.3) is 0 Å². The first-order chi connectivity index (χ1) is 12.1. The van der Waals surface area contributed by atoms with Crippen LogP contribution in [0.25, 0.3) is 0 Å². The summed E-state index contributed by atoms with van der Waals surface area (Å²) in [4.78, 5) is 31.7. The highest BCUT2D eigenvalue weighted by Gasteiger charge is 2.50. The van der Waals surface area contributed by atoms with Crippen LogP contribution in [-0.4, -0.2) is 78.4 Å². The van der Waals surface area contributed by atoms with E-state index in [4.69, 9.17) is 5.73 Å². The van der Waals surface area contributed by atoms with E-state index in [9.17, 15) is 9.59 Å². The van der Waals surface area contributed by atoms with Crippen LogP contribution in [0.3, 0.4) is 0 Å². The molecule has 140 valence electrons. The van der Waals surface area contributed by atoms with Crippen LogP contribution in [0.4, 0.5) is 0 Å². The Kier molecular flexibility index (Phi) is 5.00. The average molecular weight is 348 g/mol. The van der Waals surface area contributed by atoms with Crippen LogP contribution < -0.4 is 5.73 Å². The molecule has 4 atom stereocenters. The third-order valence-corrected chi connectivity index (χ3v) is 6.98. The molecule has 4 unspecified atom stereocenters. The number of rotatable bonds is 3. The zero-order valence-corrected chi connectivity index (χ0v) is 15.2. The van der Waals surface area contributed by atoms with E-state index in [-0.39, 0.29) is 23.8 Å². The summed E-state index contributed by atoms with van der Waals surface area (Å²) in [5, 5.41) is 0. The molecule has 2 aliphatic carbocycles. The van der Waals surface area contributed by atoms with Gasteiger partial charge in [0.2, 0.25) is 11.8 Å². The van der Waals surface area contributed by atoms with Crippen LogP contribution >= 0.6 is 0 Å². The van der Waals surface area contributed by atoms with E-state index in [2.05, 4.69) is 4.90 Å². The number of likely N-dealkylation sites (tertiary alicyclic amines) is 1. The molecule has 0 radical (unpaired) electrons. The van der Waals surface area contributed by atoms with Crippen LogP contribution in [0.2, 0.25) is 0 Å². The fraction of sp³-hybridized carbons (Fsp3) is 0.895. The number of nitrogens with two attached hydrogens (primary N) is 1. The van der Waals surface area contributed by atoms with Crippen LogP contribution in [-0.2, 0) is 9.59 Å². The van der Waals surface area contributed by atoms with Crippen molar-refractivity contribution in [3.63, 3.8) is 0 Å². The summed E-state index contributed by atoms with van der Waals surface area (Å²) in [7, 11) is 0. The molecule has 2 aliphatic heterocycles. The molecule has 0 aromatic heterocycles. The Bertz CT molecular complexity index is 518. The molecule has 2 heterocycles. The number of carbonyl (C=O) groups excluding carboxylic acids is 2. The summed E-state index contributed by atoms with van der Waals surface area (Å²) in [6.45, 7) is 5.61. The Morgan fingerprint density at radius 1 is 0.840 bits per heavy atom. The molecule has 0 spiro atoms. The first-order valence-corrected chi connectivity index (χ1v) is 10.2. The van der Waals surface area contributed by atoms with Gasteiger partial charge < -0.3 is 15.5 Å². The number of hydrogen-bond acceptors (Lipinski definition) is 4. The minimum atomic E-state index is 0.0523. The molecule has 4 rings (SSSR count). The Labute approximate surface area is 150 Å². The molecule has 6 heteroatoms. The van der Waals surface area contributed by atoms with Gasteiger partial charge in [-0.2, -0.15) is 0 Å². The van der Waals surface area contributed by atoms with E-state index in [1.54, 1.807) is 0 Å². The molecule has 2 bridgehead atoms. The van der Waals surface area contributed by atoms with Crippen molar-refractivity contribution < 1.29 is 9.59 Å². The summed E-state index contributed by atoms with van der Waals surface area (Å²) in [6.07, 6.45) is 6.77. The van der Waals surface area contributed by atoms with E-state index >= 15 is 0 Å². The van der Waals surface area contributed by atoms with E-state index < -0.39 is 0 Å². The maximum atomic E-state index is 13.0. The number of carbonyl (C=O) groups is 2. The predicted molar refractivity (Wildman–Crippen MR) is 95.7 cm³/mol. The SMILES string of the molecule is NC1C2CCC(C2)C1C(=O)N1CCCN(CC(=O)N2CCCC2)CC1. The molecule has 2 saturated heterocycles. The van der Waals surface area contributed by atoms with Gasteiger partial charge in [0.1, 0.15) is 0 Å². The van der Waals surface area contributed by atoms with E-state index in [1.165, 1.54) is 12.8 Å². The van der Waals surface area contributed by atoms with Gasteiger partial charge in [0, 0.05) is 45.3 Å². The standard InChI is InChI=1S/C19H32N4O2/c20-18-15-5-4-14(12-15)17(18)19(25)23-9-3-6-21(10-11-23)13-16(24)22-7-1-2-8-22/h14-15,17-18H,1-13,20H2. The van der Waals surface area contributed by atoms with Gasteiger partial charge in [-0.1, -0.05) is 0 Å². The second kappa shape index (κ2) is 7.23. The van der Waals surface area contributed by atoms with Gasteiger partial charge in [0.15, 0.2) is 0 Å². The van der Waals surface area contributed by atoms with Crippen LogP contribution in [0.15, 0.2) is 0 Å². The van der Waals surface area contributed by atoms with Gasteiger partial charge >= 0.3 is 0 Å². The maximum Gasteiger partial charge on any atom is 0.236 e. The molecule has 6 nitrogen and oxygen atoms in total. The molecule has 0 aromatic carbocycles. The Balaban J connectivity index is 1.30. The second-order valence-electron chi connectivity index (χ2n) is 8.48. The lowest BCUT2D eigenvalue weighted by Gasteiger charge is -2.32. The van der Waals surface area contributed by atoms with Crippen molar-refractivity contribution in [1.82, 2.24) is 14.7 Å². The second-order valence-corrected chi connectivity index (χ2v) is 8.48.